The molecule has 0 aromatic rings. The van der Waals surface area contributed by atoms with Crippen molar-refractivity contribution in [3.63, 3.8) is 0 Å². The maximum absolute atomic E-state index is 11.8. The Kier molecular flexibility index (Phi) is 5.30. The fourth-order valence-electron chi connectivity index (χ4n) is 9.84. The lowest BCUT2D eigenvalue weighted by Gasteiger charge is -2.62. The summed E-state index contributed by atoms with van der Waals surface area (Å²) >= 11 is 0. The van der Waals surface area contributed by atoms with Crippen LogP contribution in [0.4, 0.5) is 0 Å². The largest absolute Gasteiger partial charge is 0.393 e. The number of hydrogen-bond donors (Lipinski definition) is 6. The third-order valence-corrected chi connectivity index (χ3v) is 11.5. The summed E-state index contributed by atoms with van der Waals surface area (Å²) in [5.41, 5.74) is -1.66. The first-order valence-corrected chi connectivity index (χ1v) is 13.4. The first kappa shape index (κ1) is 22.2. The van der Waals surface area contributed by atoms with Crippen LogP contribution in [0.3, 0.4) is 0 Å². The van der Waals surface area contributed by atoms with E-state index < -0.39 is 35.6 Å². The summed E-state index contributed by atoms with van der Waals surface area (Å²) in [6.07, 6.45) is 6.88. The van der Waals surface area contributed by atoms with Crippen molar-refractivity contribution in [2.45, 2.75) is 113 Å². The molecular weight excluding hydrogens is 408 g/mol. The molecule has 14 atom stereocenters. The summed E-state index contributed by atoms with van der Waals surface area (Å²) in [6, 6.07) is 0. The Morgan fingerprint density at radius 3 is 1.75 bits per heavy atom. The molecule has 0 aliphatic heterocycles. The van der Waals surface area contributed by atoms with E-state index in [1.807, 2.05) is 0 Å². The van der Waals surface area contributed by atoms with Crippen molar-refractivity contribution in [3.05, 3.63) is 0 Å². The van der Waals surface area contributed by atoms with Gasteiger partial charge in [0.05, 0.1) is 35.6 Å². The molecule has 6 saturated carbocycles. The topological polar surface area (TPSA) is 121 Å². The molecule has 0 heterocycles. The Bertz CT molecular complexity index is 731. The highest BCUT2D eigenvalue weighted by molar-refractivity contribution is 5.13. The summed E-state index contributed by atoms with van der Waals surface area (Å²) in [4.78, 5) is 0. The summed E-state index contributed by atoms with van der Waals surface area (Å²) in [5.74, 6) is -0.126. The molecule has 6 rings (SSSR count). The monoisotopic (exact) mass is 450 g/mol. The zero-order valence-electron chi connectivity index (χ0n) is 19.1. The molecular formula is C26H42O6. The Morgan fingerprint density at radius 1 is 0.500 bits per heavy atom. The van der Waals surface area contributed by atoms with Gasteiger partial charge in [-0.15, -0.1) is 0 Å². The number of rotatable bonds is 0. The standard InChI is InChI=1S/C26H42O6/c27-21-4-5-22(28)18-10-26(32)12-20-17(9-14(26)8-15(18)21)23(29)16-7-13-3-1-2-6-25(13,31)11-19(16)24(20)30/h13-24,27-32H,1-12H2. The second-order valence-corrected chi connectivity index (χ2v) is 12.8. The van der Waals surface area contributed by atoms with E-state index in [9.17, 15) is 30.6 Å². The van der Waals surface area contributed by atoms with E-state index in [0.29, 0.717) is 44.9 Å². The van der Waals surface area contributed by atoms with E-state index in [0.717, 1.165) is 32.1 Å². The highest BCUT2D eigenvalue weighted by Crippen LogP contribution is 2.61. The third-order valence-electron chi connectivity index (χ3n) is 11.5. The van der Waals surface area contributed by atoms with Crippen LogP contribution >= 0.6 is 0 Å². The number of aliphatic hydroxyl groups is 6. The van der Waals surface area contributed by atoms with Gasteiger partial charge in [-0.2, -0.15) is 0 Å². The average Bonchev–Trinajstić information content (AvgIpc) is 2.76. The number of fused-ring (bicyclic) bond motifs is 5. The number of aliphatic hydroxyl groups excluding tert-OH is 4. The average molecular weight is 451 g/mol. The van der Waals surface area contributed by atoms with Crippen LogP contribution in [0.1, 0.15) is 77.0 Å². The molecule has 6 nitrogen and oxygen atoms in total. The Balaban J connectivity index is 1.27. The van der Waals surface area contributed by atoms with Crippen molar-refractivity contribution in [2.75, 3.05) is 0 Å². The van der Waals surface area contributed by atoms with Gasteiger partial charge in [0.15, 0.2) is 0 Å². The molecule has 6 aliphatic carbocycles. The summed E-state index contributed by atoms with van der Waals surface area (Å²) < 4.78 is 0. The van der Waals surface area contributed by atoms with E-state index in [1.165, 1.54) is 0 Å². The second kappa shape index (κ2) is 7.63. The van der Waals surface area contributed by atoms with Crippen LogP contribution < -0.4 is 0 Å². The van der Waals surface area contributed by atoms with Gasteiger partial charge in [-0.05, 0) is 112 Å². The quantitative estimate of drug-likeness (QED) is 0.333. The molecule has 0 saturated heterocycles. The Hall–Kier alpha value is -0.240. The second-order valence-electron chi connectivity index (χ2n) is 12.8. The Morgan fingerprint density at radius 2 is 1.03 bits per heavy atom. The molecule has 6 heteroatoms. The third kappa shape index (κ3) is 3.20. The van der Waals surface area contributed by atoms with E-state index in [4.69, 9.17) is 0 Å². The van der Waals surface area contributed by atoms with Crippen molar-refractivity contribution in [1.29, 1.82) is 0 Å². The molecule has 14 unspecified atom stereocenters. The minimum absolute atomic E-state index is 0.00134. The highest BCUT2D eigenvalue weighted by atomic mass is 16.3. The molecule has 182 valence electrons. The van der Waals surface area contributed by atoms with E-state index >= 15 is 0 Å². The van der Waals surface area contributed by atoms with Crippen molar-refractivity contribution < 1.29 is 30.6 Å². The van der Waals surface area contributed by atoms with Gasteiger partial charge in [0.25, 0.3) is 0 Å². The molecule has 0 amide bonds. The van der Waals surface area contributed by atoms with Gasteiger partial charge in [-0.1, -0.05) is 12.8 Å². The molecule has 6 N–H and O–H groups in total. The lowest BCUT2D eigenvalue weighted by Crippen LogP contribution is -2.65. The van der Waals surface area contributed by atoms with Gasteiger partial charge in [-0.3, -0.25) is 0 Å². The van der Waals surface area contributed by atoms with Gasteiger partial charge in [0.2, 0.25) is 0 Å². The minimum Gasteiger partial charge on any atom is -0.393 e. The van der Waals surface area contributed by atoms with Crippen LogP contribution in [0.15, 0.2) is 0 Å². The summed E-state index contributed by atoms with van der Waals surface area (Å²) in [5, 5.41) is 67.4. The zero-order valence-corrected chi connectivity index (χ0v) is 19.1. The number of hydrogen-bond acceptors (Lipinski definition) is 6. The molecule has 0 bridgehead atoms. The predicted octanol–water partition coefficient (Wildman–Crippen LogP) is 1.58. The lowest BCUT2D eigenvalue weighted by atomic mass is 9.46. The van der Waals surface area contributed by atoms with Gasteiger partial charge in [-0.25, -0.2) is 0 Å². The minimum atomic E-state index is -0.952. The fourth-order valence-corrected chi connectivity index (χ4v) is 9.84. The SMILES string of the molecule is OC1CCC(O)C2CC3(O)CC4C(O)C5CC6(O)CCCCC6CC5C(O)C4CC3CC12. The molecule has 6 aliphatic rings. The zero-order chi connectivity index (χ0) is 22.4. The van der Waals surface area contributed by atoms with E-state index in [-0.39, 0.29) is 47.3 Å². The van der Waals surface area contributed by atoms with Crippen LogP contribution in [-0.2, 0) is 0 Å². The van der Waals surface area contributed by atoms with Crippen LogP contribution in [-0.4, -0.2) is 66.3 Å². The molecule has 0 aromatic heterocycles. The van der Waals surface area contributed by atoms with Crippen molar-refractivity contribution in [2.24, 2.45) is 47.3 Å². The summed E-state index contributed by atoms with van der Waals surface area (Å²) in [6.45, 7) is 0. The van der Waals surface area contributed by atoms with Crippen molar-refractivity contribution >= 4 is 0 Å². The maximum atomic E-state index is 11.8. The van der Waals surface area contributed by atoms with Crippen molar-refractivity contribution in [3.8, 4) is 0 Å². The van der Waals surface area contributed by atoms with Gasteiger partial charge in [0, 0.05) is 0 Å². The van der Waals surface area contributed by atoms with Crippen LogP contribution in [0.5, 0.6) is 0 Å². The predicted molar refractivity (Wildman–Crippen MR) is 117 cm³/mol. The van der Waals surface area contributed by atoms with Gasteiger partial charge < -0.3 is 30.6 Å². The van der Waals surface area contributed by atoms with Crippen LogP contribution in [0, 0.1) is 47.3 Å². The Labute approximate surface area is 191 Å². The highest BCUT2D eigenvalue weighted by Gasteiger charge is 2.62. The summed E-state index contributed by atoms with van der Waals surface area (Å²) in [7, 11) is 0. The first-order valence-electron chi connectivity index (χ1n) is 13.4. The van der Waals surface area contributed by atoms with E-state index in [1.54, 1.807) is 0 Å². The maximum Gasteiger partial charge on any atom is 0.0683 e. The first-order chi connectivity index (χ1) is 15.2. The smallest absolute Gasteiger partial charge is 0.0683 e. The molecule has 0 radical (unpaired) electrons. The van der Waals surface area contributed by atoms with Crippen LogP contribution in [0.25, 0.3) is 0 Å². The fraction of sp³-hybridized carbons (Fsp3) is 1.00. The molecule has 0 spiro atoms. The van der Waals surface area contributed by atoms with Gasteiger partial charge >= 0.3 is 0 Å². The molecule has 6 fully saturated rings. The van der Waals surface area contributed by atoms with E-state index in [2.05, 4.69) is 0 Å². The normalized spacial score (nSPS) is 62.1. The van der Waals surface area contributed by atoms with Crippen molar-refractivity contribution in [1.82, 2.24) is 0 Å². The van der Waals surface area contributed by atoms with Crippen LogP contribution in [0.2, 0.25) is 0 Å². The molecule has 0 aromatic carbocycles. The molecule has 32 heavy (non-hydrogen) atoms. The van der Waals surface area contributed by atoms with Gasteiger partial charge in [0.1, 0.15) is 0 Å². The lowest BCUT2D eigenvalue weighted by molar-refractivity contribution is -0.237.